The third-order valence-electron chi connectivity index (χ3n) is 1.98. The van der Waals surface area contributed by atoms with Gasteiger partial charge in [0.15, 0.2) is 0 Å². The predicted molar refractivity (Wildman–Crippen MR) is 57.7 cm³/mol. The number of amides is 1. The van der Waals surface area contributed by atoms with Gasteiger partial charge in [0.2, 0.25) is 0 Å². The van der Waals surface area contributed by atoms with Crippen LogP contribution in [0.4, 0.5) is 5.69 Å². The van der Waals surface area contributed by atoms with Crippen LogP contribution in [0.3, 0.4) is 0 Å². The highest BCUT2D eigenvalue weighted by Crippen LogP contribution is 2.24. The van der Waals surface area contributed by atoms with E-state index >= 15 is 0 Å². The van der Waals surface area contributed by atoms with E-state index in [0.717, 1.165) is 0 Å². The molecule has 0 radical (unpaired) electrons. The van der Waals surface area contributed by atoms with E-state index in [1.165, 1.54) is 25.3 Å². The van der Waals surface area contributed by atoms with E-state index in [0.29, 0.717) is 6.54 Å². The molecule has 86 valence electrons. The van der Waals surface area contributed by atoms with Crippen LogP contribution >= 0.6 is 0 Å². The smallest absolute Gasteiger partial charge is 0.273 e. The first kappa shape index (κ1) is 12.0. The normalized spacial score (nSPS) is 9.62. The molecule has 0 fully saturated rings. The first-order chi connectivity index (χ1) is 7.60. The van der Waals surface area contributed by atoms with Crippen molar-refractivity contribution in [1.29, 1.82) is 0 Å². The molecule has 0 aliphatic heterocycles. The van der Waals surface area contributed by atoms with Crippen molar-refractivity contribution >= 4 is 11.6 Å². The molecule has 0 unspecified atom stereocenters. The molecule has 6 nitrogen and oxygen atoms in total. The van der Waals surface area contributed by atoms with Gasteiger partial charge in [-0.15, -0.1) is 0 Å². The summed E-state index contributed by atoms with van der Waals surface area (Å²) in [6.07, 6.45) is 0. The Balaban J connectivity index is 3.11. The van der Waals surface area contributed by atoms with Gasteiger partial charge in [-0.05, 0) is 13.0 Å². The lowest BCUT2D eigenvalue weighted by Gasteiger charge is -2.07. The van der Waals surface area contributed by atoms with Gasteiger partial charge in [0.1, 0.15) is 5.75 Å². The maximum atomic E-state index is 11.5. The second-order valence-electron chi connectivity index (χ2n) is 3.00. The second-order valence-corrected chi connectivity index (χ2v) is 3.00. The standard InChI is InChI=1S/C10H12N2O4/c1-3-11-10(13)8-5-4-7(12(14)15)6-9(8)16-2/h4-6H,3H2,1-2H3,(H,11,13). The van der Waals surface area contributed by atoms with Gasteiger partial charge in [-0.3, -0.25) is 14.9 Å². The average molecular weight is 224 g/mol. The summed E-state index contributed by atoms with van der Waals surface area (Å²) in [7, 11) is 1.36. The summed E-state index contributed by atoms with van der Waals surface area (Å²) in [5.74, 6) is -0.116. The van der Waals surface area contributed by atoms with E-state index in [1.54, 1.807) is 6.92 Å². The molecule has 1 aromatic carbocycles. The zero-order valence-electron chi connectivity index (χ0n) is 9.02. The number of nitrogens with one attached hydrogen (secondary N) is 1. The summed E-state index contributed by atoms with van der Waals surface area (Å²) in [6.45, 7) is 2.27. The minimum atomic E-state index is -0.538. The molecule has 6 heteroatoms. The lowest BCUT2D eigenvalue weighted by Crippen LogP contribution is -2.23. The quantitative estimate of drug-likeness (QED) is 0.618. The number of carbonyl (C=O) groups excluding carboxylic acids is 1. The minimum absolute atomic E-state index is 0.107. The number of rotatable bonds is 4. The Bertz CT molecular complexity index is 417. The van der Waals surface area contributed by atoms with Crippen LogP contribution in [0.15, 0.2) is 18.2 Å². The minimum Gasteiger partial charge on any atom is -0.496 e. The molecule has 0 aliphatic carbocycles. The van der Waals surface area contributed by atoms with Gasteiger partial charge < -0.3 is 10.1 Å². The predicted octanol–water partition coefficient (Wildman–Crippen LogP) is 1.35. The Labute approximate surface area is 92.4 Å². The van der Waals surface area contributed by atoms with Crippen molar-refractivity contribution in [3.63, 3.8) is 0 Å². The molecule has 16 heavy (non-hydrogen) atoms. The lowest BCUT2D eigenvalue weighted by molar-refractivity contribution is -0.384. The SMILES string of the molecule is CCNC(=O)c1ccc([N+](=O)[O-])cc1OC. The highest BCUT2D eigenvalue weighted by molar-refractivity contribution is 5.97. The molecule has 1 rings (SSSR count). The van der Waals surface area contributed by atoms with Gasteiger partial charge >= 0.3 is 0 Å². The van der Waals surface area contributed by atoms with E-state index in [9.17, 15) is 14.9 Å². The first-order valence-electron chi connectivity index (χ1n) is 4.70. The van der Waals surface area contributed by atoms with Crippen molar-refractivity contribution < 1.29 is 14.5 Å². The van der Waals surface area contributed by atoms with Gasteiger partial charge in [-0.1, -0.05) is 0 Å². The van der Waals surface area contributed by atoms with Gasteiger partial charge in [0.05, 0.1) is 23.7 Å². The van der Waals surface area contributed by atoms with E-state index < -0.39 is 4.92 Å². The highest BCUT2D eigenvalue weighted by atomic mass is 16.6. The van der Waals surface area contributed by atoms with E-state index in [4.69, 9.17) is 4.74 Å². The maximum Gasteiger partial charge on any atom is 0.273 e. The topological polar surface area (TPSA) is 81.5 Å². The third kappa shape index (κ3) is 2.47. The lowest BCUT2D eigenvalue weighted by atomic mass is 10.1. The average Bonchev–Trinajstić information content (AvgIpc) is 2.28. The first-order valence-corrected chi connectivity index (χ1v) is 4.70. The van der Waals surface area contributed by atoms with E-state index in [2.05, 4.69) is 5.32 Å². The second kappa shape index (κ2) is 5.11. The maximum absolute atomic E-state index is 11.5. The van der Waals surface area contributed by atoms with Gasteiger partial charge in [0, 0.05) is 12.6 Å². The van der Waals surface area contributed by atoms with Crippen molar-refractivity contribution in [2.75, 3.05) is 13.7 Å². The molecule has 1 amide bonds. The number of hydrogen-bond acceptors (Lipinski definition) is 4. The summed E-state index contributed by atoms with van der Waals surface area (Å²) in [5.41, 5.74) is 0.180. The third-order valence-corrected chi connectivity index (χ3v) is 1.98. The zero-order chi connectivity index (χ0) is 12.1. The number of non-ortho nitro benzene ring substituents is 1. The molecule has 0 saturated carbocycles. The molecule has 0 heterocycles. The largest absolute Gasteiger partial charge is 0.496 e. The molecule has 0 atom stereocenters. The van der Waals surface area contributed by atoms with Crippen LogP contribution in [-0.2, 0) is 0 Å². The number of nitrogens with zero attached hydrogens (tertiary/aromatic N) is 1. The number of nitro groups is 1. The Morgan fingerprint density at radius 2 is 2.25 bits per heavy atom. The zero-order valence-corrected chi connectivity index (χ0v) is 9.02. The van der Waals surface area contributed by atoms with Crippen LogP contribution < -0.4 is 10.1 Å². The number of ether oxygens (including phenoxy) is 1. The summed E-state index contributed by atoms with van der Waals surface area (Å²) < 4.78 is 4.94. The molecule has 0 bridgehead atoms. The molecular weight excluding hydrogens is 212 g/mol. The van der Waals surface area contributed by atoms with Crippen LogP contribution in [0.1, 0.15) is 17.3 Å². The molecule has 1 aromatic rings. The number of hydrogen-bond donors (Lipinski definition) is 1. The van der Waals surface area contributed by atoms with Crippen LogP contribution in [-0.4, -0.2) is 24.5 Å². The van der Waals surface area contributed by atoms with Gasteiger partial charge in [-0.2, -0.15) is 0 Å². The van der Waals surface area contributed by atoms with E-state index in [-0.39, 0.29) is 22.9 Å². The fourth-order valence-electron chi connectivity index (χ4n) is 1.24. The molecule has 0 saturated heterocycles. The van der Waals surface area contributed by atoms with Gasteiger partial charge in [-0.25, -0.2) is 0 Å². The molecule has 0 aromatic heterocycles. The van der Waals surface area contributed by atoms with Crippen molar-refractivity contribution in [1.82, 2.24) is 5.32 Å². The van der Waals surface area contributed by atoms with Crippen LogP contribution in [0.5, 0.6) is 5.75 Å². The summed E-state index contributed by atoms with van der Waals surface area (Å²) in [5, 5.41) is 13.1. The van der Waals surface area contributed by atoms with Crippen LogP contribution in [0.2, 0.25) is 0 Å². The molecule has 0 spiro atoms. The Morgan fingerprint density at radius 3 is 2.75 bits per heavy atom. The number of carbonyl (C=O) groups is 1. The number of methoxy groups -OCH3 is 1. The molecular formula is C10H12N2O4. The fourth-order valence-corrected chi connectivity index (χ4v) is 1.24. The summed E-state index contributed by atoms with van der Waals surface area (Å²) >= 11 is 0. The number of benzene rings is 1. The monoisotopic (exact) mass is 224 g/mol. The Morgan fingerprint density at radius 1 is 1.56 bits per heavy atom. The Hall–Kier alpha value is -2.11. The number of nitro benzene ring substituents is 1. The fraction of sp³-hybridized carbons (Fsp3) is 0.300. The van der Waals surface area contributed by atoms with Crippen molar-refractivity contribution in [3.8, 4) is 5.75 Å². The summed E-state index contributed by atoms with van der Waals surface area (Å²) in [4.78, 5) is 21.5. The van der Waals surface area contributed by atoms with Crippen molar-refractivity contribution in [2.24, 2.45) is 0 Å². The molecule has 0 aliphatic rings. The molecule has 1 N–H and O–H groups in total. The summed E-state index contributed by atoms with van der Waals surface area (Å²) in [6, 6.07) is 3.87. The van der Waals surface area contributed by atoms with Crippen molar-refractivity contribution in [3.05, 3.63) is 33.9 Å². The highest BCUT2D eigenvalue weighted by Gasteiger charge is 2.15. The van der Waals surface area contributed by atoms with E-state index in [1.807, 2.05) is 0 Å². The van der Waals surface area contributed by atoms with Gasteiger partial charge in [0.25, 0.3) is 11.6 Å². The van der Waals surface area contributed by atoms with Crippen LogP contribution in [0, 0.1) is 10.1 Å². The van der Waals surface area contributed by atoms with Crippen molar-refractivity contribution in [2.45, 2.75) is 6.92 Å². The van der Waals surface area contributed by atoms with Crippen LogP contribution in [0.25, 0.3) is 0 Å². The Kier molecular flexibility index (Phi) is 3.82.